The predicted molar refractivity (Wildman–Crippen MR) is 117 cm³/mol. The summed E-state index contributed by atoms with van der Waals surface area (Å²) in [5.74, 6) is -1.55. The lowest BCUT2D eigenvalue weighted by molar-refractivity contribution is 0.0710. The number of benzene rings is 3. The molecule has 0 aliphatic carbocycles. The number of nitrogens with zero attached hydrogens (tertiary/aromatic N) is 1. The molecule has 0 fully saturated rings. The maximum atomic E-state index is 12.7. The van der Waals surface area contributed by atoms with Gasteiger partial charge in [-0.3, -0.25) is 14.2 Å². The van der Waals surface area contributed by atoms with Crippen molar-refractivity contribution >= 4 is 45.9 Å². The molecule has 1 N–H and O–H groups in total. The highest BCUT2D eigenvalue weighted by Crippen LogP contribution is 2.20. The third kappa shape index (κ3) is 4.32. The molecule has 0 aliphatic heterocycles. The van der Waals surface area contributed by atoms with Crippen LogP contribution in [0.4, 0.5) is 0 Å². The van der Waals surface area contributed by atoms with E-state index in [-0.39, 0.29) is 23.5 Å². The predicted octanol–water partition coefficient (Wildman–Crippen LogP) is 4.38. The number of carbonyl (C=O) groups is 2. The number of halogens is 2. The molecule has 8 heteroatoms. The highest BCUT2D eigenvalue weighted by molar-refractivity contribution is 6.31. The van der Waals surface area contributed by atoms with Crippen molar-refractivity contribution in [1.29, 1.82) is 0 Å². The number of carbonyl (C=O) groups excluding carboxylic acids is 2. The minimum absolute atomic E-state index is 0.177. The Morgan fingerprint density at radius 1 is 0.871 bits per heavy atom. The molecular formula is C23H15Cl2NO5. The van der Waals surface area contributed by atoms with E-state index in [1.54, 1.807) is 48.5 Å². The quantitative estimate of drug-likeness (QED) is 0.435. The fraction of sp³-hybridized carbons (Fsp3) is 0.0870. The van der Waals surface area contributed by atoms with Gasteiger partial charge >= 0.3 is 5.76 Å². The zero-order valence-electron chi connectivity index (χ0n) is 15.9. The molecule has 1 aromatic heterocycles. The van der Waals surface area contributed by atoms with Gasteiger partial charge in [-0.25, -0.2) is 4.79 Å². The summed E-state index contributed by atoms with van der Waals surface area (Å²) in [6.07, 6.45) is -1.46. The smallest absolute Gasteiger partial charge is 0.408 e. The lowest BCUT2D eigenvalue weighted by Crippen LogP contribution is -2.30. The summed E-state index contributed by atoms with van der Waals surface area (Å²) >= 11 is 11.7. The molecule has 156 valence electrons. The molecule has 0 saturated carbocycles. The second-order valence-corrected chi connectivity index (χ2v) is 7.76. The number of rotatable bonds is 6. The van der Waals surface area contributed by atoms with E-state index in [1.165, 1.54) is 18.2 Å². The van der Waals surface area contributed by atoms with Crippen molar-refractivity contribution < 1.29 is 19.1 Å². The Balaban J connectivity index is 1.60. The summed E-state index contributed by atoms with van der Waals surface area (Å²) in [6, 6.07) is 17.1. The standard InChI is InChI=1S/C23H15Cl2NO5/c24-16-6-1-13(2-7-16)21(28)15-5-10-18-20(11-15)31-23(30)26(18)12-19(27)22(29)14-3-8-17(25)9-4-14/h1-11,19,27H,12H2. The monoisotopic (exact) mass is 455 g/mol. The largest absolute Gasteiger partial charge is 0.420 e. The zero-order chi connectivity index (χ0) is 22.1. The first-order valence-electron chi connectivity index (χ1n) is 9.25. The molecule has 3 aromatic carbocycles. The topological polar surface area (TPSA) is 89.5 Å². The van der Waals surface area contributed by atoms with Crippen molar-refractivity contribution in [1.82, 2.24) is 4.57 Å². The van der Waals surface area contributed by atoms with Gasteiger partial charge in [0.1, 0.15) is 6.10 Å². The van der Waals surface area contributed by atoms with E-state index < -0.39 is 17.6 Å². The Kier molecular flexibility index (Phi) is 5.78. The summed E-state index contributed by atoms with van der Waals surface area (Å²) in [7, 11) is 0. The first-order valence-corrected chi connectivity index (χ1v) is 10.0. The molecule has 0 amide bonds. The van der Waals surface area contributed by atoms with Crippen LogP contribution in [-0.4, -0.2) is 27.3 Å². The number of Topliss-reactive ketones (excluding diaryl/α,β-unsaturated/α-hetero) is 1. The summed E-state index contributed by atoms with van der Waals surface area (Å²) in [6.45, 7) is -0.294. The normalized spacial score (nSPS) is 12.1. The minimum atomic E-state index is -1.46. The lowest BCUT2D eigenvalue weighted by atomic mass is 10.0. The van der Waals surface area contributed by atoms with Crippen LogP contribution in [0, 0.1) is 0 Å². The Labute approximate surface area is 186 Å². The van der Waals surface area contributed by atoms with Crippen LogP contribution in [0.2, 0.25) is 10.0 Å². The van der Waals surface area contributed by atoms with Gasteiger partial charge in [0, 0.05) is 26.7 Å². The fourth-order valence-corrected chi connectivity index (χ4v) is 3.46. The van der Waals surface area contributed by atoms with Gasteiger partial charge in [-0.05, 0) is 66.7 Å². The van der Waals surface area contributed by atoms with Crippen LogP contribution in [0.1, 0.15) is 26.3 Å². The fourth-order valence-electron chi connectivity index (χ4n) is 3.21. The van der Waals surface area contributed by atoms with Gasteiger partial charge in [-0.1, -0.05) is 23.2 Å². The van der Waals surface area contributed by atoms with Gasteiger partial charge < -0.3 is 9.52 Å². The van der Waals surface area contributed by atoms with Crippen molar-refractivity contribution in [3.63, 3.8) is 0 Å². The highest BCUT2D eigenvalue weighted by Gasteiger charge is 2.21. The Morgan fingerprint density at radius 3 is 2.03 bits per heavy atom. The Morgan fingerprint density at radius 2 is 1.42 bits per heavy atom. The molecule has 0 saturated heterocycles. The number of aliphatic hydroxyl groups is 1. The molecule has 4 aromatic rings. The van der Waals surface area contributed by atoms with E-state index in [1.807, 2.05) is 0 Å². The molecule has 6 nitrogen and oxygen atoms in total. The summed E-state index contributed by atoms with van der Waals surface area (Å²) in [4.78, 5) is 37.5. The van der Waals surface area contributed by atoms with E-state index in [0.29, 0.717) is 26.7 Å². The van der Waals surface area contributed by atoms with Gasteiger partial charge in [0.05, 0.1) is 12.1 Å². The number of ketones is 2. The SMILES string of the molecule is O=C(c1ccc(Cl)cc1)c1ccc2c(c1)oc(=O)n2CC(O)C(=O)c1ccc(Cl)cc1. The second-order valence-electron chi connectivity index (χ2n) is 6.88. The number of aromatic nitrogens is 1. The molecule has 1 atom stereocenters. The average Bonchev–Trinajstić information content (AvgIpc) is 3.08. The second kappa shape index (κ2) is 8.51. The molecular weight excluding hydrogens is 441 g/mol. The maximum Gasteiger partial charge on any atom is 0.420 e. The van der Waals surface area contributed by atoms with Gasteiger partial charge in [0.25, 0.3) is 0 Å². The zero-order valence-corrected chi connectivity index (χ0v) is 17.4. The minimum Gasteiger partial charge on any atom is -0.408 e. The van der Waals surface area contributed by atoms with Gasteiger partial charge in [-0.2, -0.15) is 0 Å². The van der Waals surface area contributed by atoms with Crippen LogP contribution in [0.5, 0.6) is 0 Å². The van der Waals surface area contributed by atoms with Crippen LogP contribution in [-0.2, 0) is 6.54 Å². The lowest BCUT2D eigenvalue weighted by Gasteiger charge is -2.10. The van der Waals surface area contributed by atoms with E-state index in [2.05, 4.69) is 0 Å². The summed E-state index contributed by atoms with van der Waals surface area (Å²) < 4.78 is 6.40. The Bertz CT molecular complexity index is 1340. The van der Waals surface area contributed by atoms with Crippen molar-refractivity contribution in [2.24, 2.45) is 0 Å². The van der Waals surface area contributed by atoms with Gasteiger partial charge in [-0.15, -0.1) is 0 Å². The first kappa shape index (κ1) is 21.1. The van der Waals surface area contributed by atoms with Crippen LogP contribution in [0.3, 0.4) is 0 Å². The van der Waals surface area contributed by atoms with Crippen molar-refractivity contribution in [3.8, 4) is 0 Å². The highest BCUT2D eigenvalue weighted by atomic mass is 35.5. The summed E-state index contributed by atoms with van der Waals surface area (Å²) in [5.41, 5.74) is 1.58. The molecule has 1 unspecified atom stereocenters. The number of aliphatic hydroxyl groups excluding tert-OH is 1. The van der Waals surface area contributed by atoms with Crippen LogP contribution in [0.15, 0.2) is 75.9 Å². The maximum absolute atomic E-state index is 12.7. The van der Waals surface area contributed by atoms with E-state index in [4.69, 9.17) is 27.6 Å². The number of hydrogen-bond donors (Lipinski definition) is 1. The number of oxazole rings is 1. The van der Waals surface area contributed by atoms with Crippen LogP contribution < -0.4 is 5.76 Å². The van der Waals surface area contributed by atoms with Gasteiger partial charge in [0.15, 0.2) is 17.1 Å². The third-order valence-corrected chi connectivity index (χ3v) is 5.33. The van der Waals surface area contributed by atoms with E-state index in [9.17, 15) is 19.5 Å². The molecule has 0 spiro atoms. The van der Waals surface area contributed by atoms with Crippen molar-refractivity contribution in [2.75, 3.05) is 0 Å². The number of hydrogen-bond acceptors (Lipinski definition) is 5. The molecule has 0 bridgehead atoms. The summed E-state index contributed by atoms with van der Waals surface area (Å²) in [5, 5.41) is 11.3. The van der Waals surface area contributed by atoms with Crippen molar-refractivity contribution in [2.45, 2.75) is 12.6 Å². The van der Waals surface area contributed by atoms with Crippen LogP contribution >= 0.6 is 23.2 Å². The average molecular weight is 456 g/mol. The van der Waals surface area contributed by atoms with Crippen molar-refractivity contribution in [3.05, 3.63) is 104 Å². The third-order valence-electron chi connectivity index (χ3n) is 4.82. The first-order chi connectivity index (χ1) is 14.8. The number of fused-ring (bicyclic) bond motifs is 1. The van der Waals surface area contributed by atoms with E-state index in [0.717, 1.165) is 4.57 Å². The molecule has 4 rings (SSSR count). The van der Waals surface area contributed by atoms with Crippen LogP contribution in [0.25, 0.3) is 11.1 Å². The molecule has 0 radical (unpaired) electrons. The Hall–Kier alpha value is -3.19. The van der Waals surface area contributed by atoms with Gasteiger partial charge in [0.2, 0.25) is 0 Å². The van der Waals surface area contributed by atoms with E-state index >= 15 is 0 Å². The molecule has 0 aliphatic rings. The molecule has 31 heavy (non-hydrogen) atoms. The molecule has 1 heterocycles.